The number of carbonyl (C=O) groups excluding carboxylic acids is 3. The summed E-state index contributed by atoms with van der Waals surface area (Å²) < 4.78 is 20.6. The summed E-state index contributed by atoms with van der Waals surface area (Å²) in [5.74, 6) is 0.265. The Bertz CT molecular complexity index is 847. The van der Waals surface area contributed by atoms with Gasteiger partial charge in [-0.15, -0.1) is 0 Å². The predicted octanol–water partition coefficient (Wildman–Crippen LogP) is 3.60. The Kier molecular flexibility index (Phi) is 9.87. The van der Waals surface area contributed by atoms with E-state index >= 15 is 0 Å². The molecule has 0 saturated carbocycles. The van der Waals surface area contributed by atoms with Crippen molar-refractivity contribution in [3.8, 4) is 11.5 Å². The molecule has 2 aromatic rings. The second-order valence-electron chi connectivity index (χ2n) is 6.31. The average molecular weight is 429 g/mol. The fraction of sp³-hybridized carbons (Fsp3) is 0.348. The summed E-state index contributed by atoms with van der Waals surface area (Å²) in [6, 6.07) is 13.5. The third kappa shape index (κ3) is 8.77. The predicted molar refractivity (Wildman–Crippen MR) is 114 cm³/mol. The molecule has 1 amide bonds. The molecule has 0 aliphatic heterocycles. The van der Waals surface area contributed by atoms with Crippen molar-refractivity contribution < 1.29 is 33.3 Å². The largest absolute Gasteiger partial charge is 0.493 e. The van der Waals surface area contributed by atoms with Crippen molar-refractivity contribution in [2.75, 3.05) is 31.7 Å². The van der Waals surface area contributed by atoms with Gasteiger partial charge in [0.05, 0.1) is 39.3 Å². The van der Waals surface area contributed by atoms with Crippen LogP contribution < -0.4 is 14.8 Å². The lowest BCUT2D eigenvalue weighted by atomic mass is 10.2. The summed E-state index contributed by atoms with van der Waals surface area (Å²) in [6.45, 7) is 4.62. The number of benzene rings is 2. The number of carbonyl (C=O) groups is 3. The zero-order valence-corrected chi connectivity index (χ0v) is 17.7. The average Bonchev–Trinajstić information content (AvgIpc) is 2.76. The normalized spacial score (nSPS) is 10.1. The molecule has 0 fully saturated rings. The van der Waals surface area contributed by atoms with Crippen molar-refractivity contribution in [3.05, 3.63) is 54.1 Å². The zero-order chi connectivity index (χ0) is 22.5. The molecule has 0 heterocycles. The molecule has 0 aliphatic rings. The first-order chi connectivity index (χ1) is 15.0. The Morgan fingerprint density at radius 3 is 1.61 bits per heavy atom. The summed E-state index contributed by atoms with van der Waals surface area (Å²) in [7, 11) is 0. The van der Waals surface area contributed by atoms with Crippen LogP contribution in [0.3, 0.4) is 0 Å². The molecule has 2 rings (SSSR count). The minimum atomic E-state index is -0.311. The summed E-state index contributed by atoms with van der Waals surface area (Å²) in [5, 5.41) is 2.80. The van der Waals surface area contributed by atoms with Gasteiger partial charge in [-0.25, -0.2) is 0 Å². The van der Waals surface area contributed by atoms with Gasteiger partial charge < -0.3 is 24.3 Å². The van der Waals surface area contributed by atoms with Crippen LogP contribution in [0, 0.1) is 0 Å². The monoisotopic (exact) mass is 429 g/mol. The van der Waals surface area contributed by atoms with Gasteiger partial charge in [-0.3, -0.25) is 14.4 Å². The van der Waals surface area contributed by atoms with Gasteiger partial charge in [0, 0.05) is 11.3 Å². The minimum absolute atomic E-state index is 0.165. The lowest BCUT2D eigenvalue weighted by Crippen LogP contribution is -2.12. The van der Waals surface area contributed by atoms with E-state index in [1.165, 1.54) is 0 Å². The van der Waals surface area contributed by atoms with Crippen LogP contribution in [-0.2, 0) is 19.1 Å². The van der Waals surface area contributed by atoms with Crippen LogP contribution in [0.1, 0.15) is 37.0 Å². The first kappa shape index (κ1) is 23.7. The number of esters is 2. The number of amides is 1. The molecule has 1 N–H and O–H groups in total. The number of hydrogen-bond acceptors (Lipinski definition) is 7. The second-order valence-corrected chi connectivity index (χ2v) is 6.31. The first-order valence-corrected chi connectivity index (χ1v) is 10.1. The van der Waals surface area contributed by atoms with Gasteiger partial charge in [0.1, 0.15) is 11.5 Å². The highest BCUT2D eigenvalue weighted by Crippen LogP contribution is 2.18. The van der Waals surface area contributed by atoms with Gasteiger partial charge in [0.25, 0.3) is 5.91 Å². The summed E-state index contributed by atoms with van der Waals surface area (Å²) in [6.07, 6.45) is 0.341. The highest BCUT2D eigenvalue weighted by atomic mass is 16.5. The maximum Gasteiger partial charge on any atom is 0.309 e. The van der Waals surface area contributed by atoms with E-state index in [2.05, 4.69) is 5.32 Å². The highest BCUT2D eigenvalue weighted by molar-refractivity contribution is 6.04. The quantitative estimate of drug-likeness (QED) is 0.515. The van der Waals surface area contributed by atoms with Gasteiger partial charge in [0.2, 0.25) is 0 Å². The molecule has 0 unspecified atom stereocenters. The third-order valence-corrected chi connectivity index (χ3v) is 3.99. The SMILES string of the molecule is CCOC(=O)CCOc1ccc(NC(=O)c2ccc(OCCC(=O)OCC)cc2)cc1. The van der Waals surface area contributed by atoms with Crippen LogP contribution in [-0.4, -0.2) is 44.3 Å². The van der Waals surface area contributed by atoms with Crippen molar-refractivity contribution in [1.82, 2.24) is 0 Å². The Balaban J connectivity index is 1.78. The fourth-order valence-electron chi connectivity index (χ4n) is 2.51. The van der Waals surface area contributed by atoms with Crippen molar-refractivity contribution >= 4 is 23.5 Å². The molecule has 0 radical (unpaired) electrons. The van der Waals surface area contributed by atoms with Crippen molar-refractivity contribution in [1.29, 1.82) is 0 Å². The van der Waals surface area contributed by atoms with E-state index in [0.29, 0.717) is 36.0 Å². The number of nitrogens with one attached hydrogen (secondary N) is 1. The van der Waals surface area contributed by atoms with Crippen LogP contribution in [0.4, 0.5) is 5.69 Å². The highest BCUT2D eigenvalue weighted by Gasteiger charge is 2.08. The molecule has 0 aromatic heterocycles. The van der Waals surface area contributed by atoms with E-state index in [4.69, 9.17) is 18.9 Å². The molecule has 8 nitrogen and oxygen atoms in total. The first-order valence-electron chi connectivity index (χ1n) is 10.1. The summed E-state index contributed by atoms with van der Waals surface area (Å²) in [5.41, 5.74) is 1.07. The molecule has 0 aliphatic carbocycles. The third-order valence-electron chi connectivity index (χ3n) is 3.99. The molecule has 8 heteroatoms. The number of anilines is 1. The Hall–Kier alpha value is -3.55. The van der Waals surface area contributed by atoms with Crippen molar-refractivity contribution in [2.45, 2.75) is 26.7 Å². The number of rotatable bonds is 12. The van der Waals surface area contributed by atoms with Gasteiger partial charge in [-0.2, -0.15) is 0 Å². The van der Waals surface area contributed by atoms with E-state index < -0.39 is 0 Å². The van der Waals surface area contributed by atoms with E-state index in [-0.39, 0.29) is 43.9 Å². The fourth-order valence-corrected chi connectivity index (χ4v) is 2.51. The minimum Gasteiger partial charge on any atom is -0.493 e. The number of hydrogen-bond donors (Lipinski definition) is 1. The Labute approximate surface area is 181 Å². The van der Waals surface area contributed by atoms with Crippen LogP contribution in [0.5, 0.6) is 11.5 Å². The zero-order valence-electron chi connectivity index (χ0n) is 17.7. The van der Waals surface area contributed by atoms with Gasteiger partial charge in [-0.1, -0.05) is 0 Å². The van der Waals surface area contributed by atoms with Crippen LogP contribution in [0.15, 0.2) is 48.5 Å². The summed E-state index contributed by atoms with van der Waals surface area (Å²) >= 11 is 0. The maximum absolute atomic E-state index is 12.4. The van der Waals surface area contributed by atoms with E-state index in [9.17, 15) is 14.4 Å². The van der Waals surface area contributed by atoms with Crippen LogP contribution >= 0.6 is 0 Å². The molecular weight excluding hydrogens is 402 g/mol. The van der Waals surface area contributed by atoms with Gasteiger partial charge in [-0.05, 0) is 62.4 Å². The molecule has 0 saturated heterocycles. The maximum atomic E-state index is 12.4. The second kappa shape index (κ2) is 12.9. The number of ether oxygens (including phenoxy) is 4. The van der Waals surface area contributed by atoms with Gasteiger partial charge in [0.15, 0.2) is 0 Å². The molecule has 0 bridgehead atoms. The van der Waals surface area contributed by atoms with Gasteiger partial charge >= 0.3 is 11.9 Å². The van der Waals surface area contributed by atoms with Crippen LogP contribution in [0.2, 0.25) is 0 Å². The smallest absolute Gasteiger partial charge is 0.309 e. The van der Waals surface area contributed by atoms with Crippen LogP contribution in [0.25, 0.3) is 0 Å². The molecule has 166 valence electrons. The van der Waals surface area contributed by atoms with E-state index in [1.54, 1.807) is 62.4 Å². The lowest BCUT2D eigenvalue weighted by molar-refractivity contribution is -0.144. The summed E-state index contributed by atoms with van der Waals surface area (Å²) in [4.78, 5) is 35.0. The Morgan fingerprint density at radius 2 is 1.16 bits per heavy atom. The topological polar surface area (TPSA) is 100 Å². The van der Waals surface area contributed by atoms with Crippen molar-refractivity contribution in [2.24, 2.45) is 0 Å². The lowest BCUT2D eigenvalue weighted by Gasteiger charge is -2.09. The van der Waals surface area contributed by atoms with Crippen molar-refractivity contribution in [3.63, 3.8) is 0 Å². The Morgan fingerprint density at radius 1 is 0.710 bits per heavy atom. The van der Waals surface area contributed by atoms with E-state index in [1.807, 2.05) is 0 Å². The molecule has 0 spiro atoms. The molecule has 0 atom stereocenters. The standard InChI is InChI=1S/C23H27NO7/c1-3-28-21(25)13-15-30-19-9-5-17(6-10-19)23(27)24-18-7-11-20(12-8-18)31-16-14-22(26)29-4-2/h5-12H,3-4,13-16H2,1-2H3,(H,24,27). The molecule has 2 aromatic carbocycles. The molecule has 31 heavy (non-hydrogen) atoms. The molecular formula is C23H27NO7. The van der Waals surface area contributed by atoms with E-state index in [0.717, 1.165) is 0 Å².